The Morgan fingerprint density at radius 2 is 1.95 bits per heavy atom. The van der Waals surface area contributed by atoms with E-state index in [1.165, 1.54) is 12.8 Å². The van der Waals surface area contributed by atoms with Crippen molar-refractivity contribution in [2.24, 2.45) is 5.92 Å². The SMILES string of the molecule is CC1CCN(c2ccnc(Nc3cccc(Cl)c3Cl)n2)CC1. The topological polar surface area (TPSA) is 41.1 Å². The fourth-order valence-corrected chi connectivity index (χ4v) is 2.89. The predicted molar refractivity (Wildman–Crippen MR) is 92.4 cm³/mol. The van der Waals surface area contributed by atoms with Gasteiger partial charge in [0.05, 0.1) is 15.7 Å². The summed E-state index contributed by atoms with van der Waals surface area (Å²) in [5.41, 5.74) is 0.707. The molecule has 1 N–H and O–H groups in total. The molecule has 3 rings (SSSR count). The highest BCUT2D eigenvalue weighted by atomic mass is 35.5. The van der Waals surface area contributed by atoms with E-state index in [2.05, 4.69) is 27.1 Å². The Bertz CT molecular complexity index is 654. The van der Waals surface area contributed by atoms with Crippen molar-refractivity contribution < 1.29 is 0 Å². The summed E-state index contributed by atoms with van der Waals surface area (Å²) in [6, 6.07) is 7.39. The Labute approximate surface area is 140 Å². The van der Waals surface area contributed by atoms with E-state index in [-0.39, 0.29) is 0 Å². The first-order chi connectivity index (χ1) is 10.6. The van der Waals surface area contributed by atoms with Crippen molar-refractivity contribution in [3.05, 3.63) is 40.5 Å². The molecule has 0 amide bonds. The number of halogens is 2. The Balaban J connectivity index is 1.78. The van der Waals surface area contributed by atoms with Crippen LogP contribution < -0.4 is 10.2 Å². The van der Waals surface area contributed by atoms with Gasteiger partial charge in [0.25, 0.3) is 0 Å². The first-order valence-corrected chi connectivity index (χ1v) is 8.18. The molecule has 1 saturated heterocycles. The van der Waals surface area contributed by atoms with Gasteiger partial charge >= 0.3 is 0 Å². The summed E-state index contributed by atoms with van der Waals surface area (Å²) < 4.78 is 0. The number of benzene rings is 1. The molecule has 1 aliphatic rings. The highest BCUT2D eigenvalue weighted by Crippen LogP contribution is 2.31. The van der Waals surface area contributed by atoms with Gasteiger partial charge in [0.2, 0.25) is 5.95 Å². The molecular weight excluding hydrogens is 319 g/mol. The second-order valence-corrected chi connectivity index (χ2v) is 6.42. The molecule has 0 bridgehead atoms. The minimum Gasteiger partial charge on any atom is -0.356 e. The molecule has 2 aromatic rings. The highest BCUT2D eigenvalue weighted by Gasteiger charge is 2.17. The number of nitrogens with zero attached hydrogens (tertiary/aromatic N) is 3. The molecule has 0 saturated carbocycles. The summed E-state index contributed by atoms with van der Waals surface area (Å²) in [5, 5.41) is 4.12. The average Bonchev–Trinajstić information content (AvgIpc) is 2.53. The van der Waals surface area contributed by atoms with E-state index < -0.39 is 0 Å². The molecule has 116 valence electrons. The maximum Gasteiger partial charge on any atom is 0.229 e. The summed E-state index contributed by atoms with van der Waals surface area (Å²) in [5.74, 6) is 2.27. The van der Waals surface area contributed by atoms with Gasteiger partial charge < -0.3 is 10.2 Å². The van der Waals surface area contributed by atoms with Crippen molar-refractivity contribution in [2.75, 3.05) is 23.3 Å². The van der Waals surface area contributed by atoms with E-state index in [0.29, 0.717) is 21.7 Å². The van der Waals surface area contributed by atoms with Gasteiger partial charge in [-0.2, -0.15) is 4.98 Å². The molecule has 22 heavy (non-hydrogen) atoms. The molecule has 1 fully saturated rings. The molecule has 2 heterocycles. The van der Waals surface area contributed by atoms with Gasteiger partial charge in [0, 0.05) is 19.3 Å². The van der Waals surface area contributed by atoms with Crippen LogP contribution in [-0.2, 0) is 0 Å². The number of aromatic nitrogens is 2. The zero-order chi connectivity index (χ0) is 15.5. The zero-order valence-corrected chi connectivity index (χ0v) is 13.9. The maximum absolute atomic E-state index is 6.19. The number of hydrogen-bond acceptors (Lipinski definition) is 4. The molecule has 0 atom stereocenters. The maximum atomic E-state index is 6.19. The number of nitrogens with one attached hydrogen (secondary N) is 1. The standard InChI is InChI=1S/C16H18Cl2N4/c1-11-6-9-22(10-7-11)14-5-8-19-16(21-14)20-13-4-2-3-12(17)15(13)18/h2-5,8,11H,6-7,9-10H2,1H3,(H,19,20,21). The lowest BCUT2D eigenvalue weighted by Crippen LogP contribution is -2.33. The smallest absolute Gasteiger partial charge is 0.229 e. The van der Waals surface area contributed by atoms with Crippen molar-refractivity contribution in [1.29, 1.82) is 0 Å². The van der Waals surface area contributed by atoms with Gasteiger partial charge in [-0.25, -0.2) is 4.98 Å². The molecule has 1 aromatic heterocycles. The summed E-state index contributed by atoms with van der Waals surface area (Å²) in [4.78, 5) is 11.2. The molecule has 6 heteroatoms. The lowest BCUT2D eigenvalue weighted by molar-refractivity contribution is 0.436. The summed E-state index contributed by atoms with van der Waals surface area (Å²) in [6.07, 6.45) is 4.17. The van der Waals surface area contributed by atoms with Crippen molar-refractivity contribution in [3.63, 3.8) is 0 Å². The third kappa shape index (κ3) is 3.45. The second-order valence-electron chi connectivity index (χ2n) is 5.63. The van der Waals surface area contributed by atoms with Gasteiger partial charge in [-0.15, -0.1) is 0 Å². The van der Waals surface area contributed by atoms with Crippen LogP contribution in [0.25, 0.3) is 0 Å². The van der Waals surface area contributed by atoms with E-state index in [9.17, 15) is 0 Å². The molecule has 0 aliphatic carbocycles. The van der Waals surface area contributed by atoms with Crippen molar-refractivity contribution in [3.8, 4) is 0 Å². The quantitative estimate of drug-likeness (QED) is 0.876. The Hall–Kier alpha value is -1.52. The lowest BCUT2D eigenvalue weighted by Gasteiger charge is -2.31. The number of piperidine rings is 1. The van der Waals surface area contributed by atoms with Crippen LogP contribution in [0, 0.1) is 5.92 Å². The van der Waals surface area contributed by atoms with Crippen LogP contribution in [0.4, 0.5) is 17.5 Å². The van der Waals surface area contributed by atoms with Gasteiger partial charge in [-0.1, -0.05) is 36.2 Å². The van der Waals surface area contributed by atoms with E-state index in [1.54, 1.807) is 12.3 Å². The highest BCUT2D eigenvalue weighted by molar-refractivity contribution is 6.43. The third-order valence-corrected chi connectivity index (χ3v) is 4.77. The predicted octanol–water partition coefficient (Wildman–Crippen LogP) is 4.76. The minimum absolute atomic E-state index is 0.477. The number of rotatable bonds is 3. The Morgan fingerprint density at radius 3 is 2.73 bits per heavy atom. The first-order valence-electron chi connectivity index (χ1n) is 7.42. The Morgan fingerprint density at radius 1 is 1.18 bits per heavy atom. The molecule has 1 aliphatic heterocycles. The van der Waals surface area contributed by atoms with E-state index in [1.807, 2.05) is 18.2 Å². The first kappa shape index (κ1) is 15.4. The fourth-order valence-electron chi connectivity index (χ4n) is 2.54. The van der Waals surface area contributed by atoms with Crippen LogP contribution in [0.15, 0.2) is 30.5 Å². The van der Waals surface area contributed by atoms with E-state index in [0.717, 1.165) is 24.8 Å². The van der Waals surface area contributed by atoms with Crippen LogP contribution in [-0.4, -0.2) is 23.1 Å². The normalized spacial score (nSPS) is 15.9. The van der Waals surface area contributed by atoms with Gasteiger partial charge in [0.15, 0.2) is 0 Å². The van der Waals surface area contributed by atoms with Crippen LogP contribution >= 0.6 is 23.2 Å². The minimum atomic E-state index is 0.477. The second kappa shape index (κ2) is 6.71. The summed E-state index contributed by atoms with van der Waals surface area (Å²) in [7, 11) is 0. The van der Waals surface area contributed by atoms with Crippen molar-refractivity contribution in [1.82, 2.24) is 9.97 Å². The van der Waals surface area contributed by atoms with Gasteiger partial charge in [-0.3, -0.25) is 0 Å². The third-order valence-electron chi connectivity index (χ3n) is 3.95. The van der Waals surface area contributed by atoms with Crippen LogP contribution in [0.1, 0.15) is 19.8 Å². The molecule has 1 aromatic carbocycles. The zero-order valence-electron chi connectivity index (χ0n) is 12.4. The molecule has 0 unspecified atom stereocenters. The van der Waals surface area contributed by atoms with Gasteiger partial charge in [0.1, 0.15) is 5.82 Å². The summed E-state index contributed by atoms with van der Waals surface area (Å²) >= 11 is 12.2. The van der Waals surface area contributed by atoms with Gasteiger partial charge in [-0.05, 0) is 37.0 Å². The Kier molecular flexibility index (Phi) is 4.69. The molecule has 0 radical (unpaired) electrons. The lowest BCUT2D eigenvalue weighted by atomic mass is 9.99. The molecule has 4 nitrogen and oxygen atoms in total. The summed E-state index contributed by atoms with van der Waals surface area (Å²) in [6.45, 7) is 4.37. The van der Waals surface area contributed by atoms with E-state index in [4.69, 9.17) is 23.2 Å². The fraction of sp³-hybridized carbons (Fsp3) is 0.375. The average molecular weight is 337 g/mol. The largest absolute Gasteiger partial charge is 0.356 e. The van der Waals surface area contributed by atoms with E-state index >= 15 is 0 Å². The number of anilines is 3. The van der Waals surface area contributed by atoms with Crippen LogP contribution in [0.5, 0.6) is 0 Å². The van der Waals surface area contributed by atoms with Crippen LogP contribution in [0.3, 0.4) is 0 Å². The van der Waals surface area contributed by atoms with Crippen LogP contribution in [0.2, 0.25) is 10.0 Å². The monoisotopic (exact) mass is 336 g/mol. The number of hydrogen-bond donors (Lipinski definition) is 1. The van der Waals surface area contributed by atoms with Crippen molar-refractivity contribution >= 4 is 40.7 Å². The van der Waals surface area contributed by atoms with Crippen molar-refractivity contribution in [2.45, 2.75) is 19.8 Å². The molecular formula is C16H18Cl2N4. The molecule has 0 spiro atoms.